The third-order valence-electron chi connectivity index (χ3n) is 3.09. The van der Waals surface area contributed by atoms with Gasteiger partial charge in [0.25, 0.3) is 0 Å². The molecule has 0 amide bonds. The van der Waals surface area contributed by atoms with Gasteiger partial charge in [-0.2, -0.15) is 5.10 Å². The highest BCUT2D eigenvalue weighted by atomic mass is 19.1. The normalized spacial score (nSPS) is 11.7. The van der Waals surface area contributed by atoms with Gasteiger partial charge in [-0.25, -0.2) is 9.07 Å². The molecule has 0 atom stereocenters. The summed E-state index contributed by atoms with van der Waals surface area (Å²) in [7, 11) is 1.82. The fourth-order valence-corrected chi connectivity index (χ4v) is 2.01. The second-order valence-corrected chi connectivity index (χ2v) is 6.16. The summed E-state index contributed by atoms with van der Waals surface area (Å²) in [6.45, 7) is 8.90. The molecule has 0 aliphatic heterocycles. The molecule has 2 rings (SSSR count). The van der Waals surface area contributed by atoms with Crippen LogP contribution in [-0.2, 0) is 13.6 Å². The number of aromatic nitrogens is 2. The fraction of sp³-hybridized carbons (Fsp3) is 0.438. The average Bonchev–Trinajstić information content (AvgIpc) is 2.61. The maximum atomic E-state index is 13.3. The second-order valence-electron chi connectivity index (χ2n) is 6.16. The van der Waals surface area contributed by atoms with Crippen molar-refractivity contribution in [1.82, 2.24) is 15.1 Å². The first kappa shape index (κ1) is 15.5. The smallest absolute Gasteiger partial charge is 0.222 e. The van der Waals surface area contributed by atoms with Crippen LogP contribution in [0.3, 0.4) is 0 Å². The van der Waals surface area contributed by atoms with Crippen molar-refractivity contribution in [3.05, 3.63) is 41.3 Å². The largest absolute Gasteiger partial charge is 0.439 e. The standard InChI is InChI=1S/C16H22FN3O/c1-11-14(10-18-16(2,3)4)15(20(5)19-11)21-13-8-6-7-12(17)9-13/h6-9,18H,10H2,1-5H3. The van der Waals surface area contributed by atoms with Crippen molar-refractivity contribution in [1.29, 1.82) is 0 Å². The lowest BCUT2D eigenvalue weighted by Gasteiger charge is -2.20. The van der Waals surface area contributed by atoms with Crippen LogP contribution in [0.4, 0.5) is 4.39 Å². The molecule has 0 aliphatic rings. The molecular weight excluding hydrogens is 269 g/mol. The molecule has 0 bridgehead atoms. The Kier molecular flexibility index (Phi) is 4.32. The fourth-order valence-electron chi connectivity index (χ4n) is 2.01. The SMILES string of the molecule is Cc1nn(C)c(Oc2cccc(F)c2)c1CNC(C)(C)C. The molecule has 0 aliphatic carbocycles. The third kappa shape index (κ3) is 4.04. The van der Waals surface area contributed by atoms with Gasteiger partial charge in [-0.05, 0) is 39.8 Å². The molecule has 1 aromatic carbocycles. The highest BCUT2D eigenvalue weighted by Gasteiger charge is 2.18. The zero-order chi connectivity index (χ0) is 15.6. The van der Waals surface area contributed by atoms with Gasteiger partial charge in [0.15, 0.2) is 0 Å². The van der Waals surface area contributed by atoms with E-state index >= 15 is 0 Å². The van der Waals surface area contributed by atoms with Crippen LogP contribution < -0.4 is 10.1 Å². The van der Waals surface area contributed by atoms with Gasteiger partial charge >= 0.3 is 0 Å². The summed E-state index contributed by atoms with van der Waals surface area (Å²) >= 11 is 0. The molecule has 0 saturated carbocycles. The van der Waals surface area contributed by atoms with E-state index in [9.17, 15) is 4.39 Å². The second kappa shape index (κ2) is 5.85. The van der Waals surface area contributed by atoms with Gasteiger partial charge in [-0.3, -0.25) is 0 Å². The summed E-state index contributed by atoms with van der Waals surface area (Å²) in [6, 6.07) is 6.11. The van der Waals surface area contributed by atoms with Gasteiger partial charge in [0.1, 0.15) is 11.6 Å². The number of aryl methyl sites for hydroxylation is 2. The van der Waals surface area contributed by atoms with Crippen molar-refractivity contribution in [3.8, 4) is 11.6 Å². The van der Waals surface area contributed by atoms with Gasteiger partial charge < -0.3 is 10.1 Å². The number of hydrogen-bond donors (Lipinski definition) is 1. The van der Waals surface area contributed by atoms with Gasteiger partial charge in [0.2, 0.25) is 5.88 Å². The van der Waals surface area contributed by atoms with Crippen LogP contribution in [0.25, 0.3) is 0 Å². The highest BCUT2D eigenvalue weighted by Crippen LogP contribution is 2.27. The molecule has 0 fully saturated rings. The van der Waals surface area contributed by atoms with E-state index in [0.29, 0.717) is 18.2 Å². The Balaban J connectivity index is 2.26. The first-order valence-corrected chi connectivity index (χ1v) is 6.97. The van der Waals surface area contributed by atoms with E-state index in [1.54, 1.807) is 16.8 Å². The topological polar surface area (TPSA) is 39.1 Å². The lowest BCUT2D eigenvalue weighted by molar-refractivity contribution is 0.400. The van der Waals surface area contributed by atoms with Crippen LogP contribution in [0.1, 0.15) is 32.0 Å². The minimum absolute atomic E-state index is 0.00158. The first-order chi connectivity index (χ1) is 9.76. The molecular formula is C16H22FN3O. The third-order valence-corrected chi connectivity index (χ3v) is 3.09. The van der Waals surface area contributed by atoms with Crippen LogP contribution in [0, 0.1) is 12.7 Å². The van der Waals surface area contributed by atoms with Gasteiger partial charge in [0.05, 0.1) is 11.3 Å². The van der Waals surface area contributed by atoms with Crippen molar-refractivity contribution in [2.75, 3.05) is 0 Å². The summed E-state index contributed by atoms with van der Waals surface area (Å²) in [5, 5.41) is 7.81. The predicted molar refractivity (Wildman–Crippen MR) is 81.0 cm³/mol. The van der Waals surface area contributed by atoms with Crippen LogP contribution in [0.5, 0.6) is 11.6 Å². The quantitative estimate of drug-likeness (QED) is 0.936. The molecule has 0 radical (unpaired) electrons. The summed E-state index contributed by atoms with van der Waals surface area (Å²) < 4.78 is 20.8. The average molecular weight is 291 g/mol. The minimum Gasteiger partial charge on any atom is -0.439 e. The molecule has 0 unspecified atom stereocenters. The lowest BCUT2D eigenvalue weighted by Crippen LogP contribution is -2.35. The molecule has 21 heavy (non-hydrogen) atoms. The number of halogens is 1. The van der Waals surface area contributed by atoms with Crippen LogP contribution in [0.2, 0.25) is 0 Å². The Hall–Kier alpha value is -1.88. The summed E-state index contributed by atoms with van der Waals surface area (Å²) in [6.07, 6.45) is 0. The molecule has 5 heteroatoms. The number of hydrogen-bond acceptors (Lipinski definition) is 3. The maximum absolute atomic E-state index is 13.3. The first-order valence-electron chi connectivity index (χ1n) is 6.97. The number of ether oxygens (including phenoxy) is 1. The van der Waals surface area contributed by atoms with Crippen molar-refractivity contribution < 1.29 is 9.13 Å². The molecule has 2 aromatic rings. The van der Waals surface area contributed by atoms with Crippen LogP contribution >= 0.6 is 0 Å². The van der Waals surface area contributed by atoms with E-state index < -0.39 is 0 Å². The number of nitrogens with one attached hydrogen (secondary N) is 1. The zero-order valence-corrected chi connectivity index (χ0v) is 13.2. The highest BCUT2D eigenvalue weighted by molar-refractivity contribution is 5.35. The van der Waals surface area contributed by atoms with Crippen molar-refractivity contribution in [2.24, 2.45) is 7.05 Å². The van der Waals surface area contributed by atoms with Crippen LogP contribution in [-0.4, -0.2) is 15.3 Å². The summed E-state index contributed by atoms with van der Waals surface area (Å²) in [5.41, 5.74) is 1.88. The summed E-state index contributed by atoms with van der Waals surface area (Å²) in [4.78, 5) is 0. The molecule has 114 valence electrons. The lowest BCUT2D eigenvalue weighted by atomic mass is 10.1. The Labute approximate surface area is 124 Å². The Bertz CT molecular complexity index is 629. The van der Waals surface area contributed by atoms with E-state index in [2.05, 4.69) is 31.2 Å². The van der Waals surface area contributed by atoms with Gasteiger partial charge in [0, 0.05) is 25.2 Å². The molecule has 1 N–H and O–H groups in total. The van der Waals surface area contributed by atoms with Gasteiger partial charge in [-0.1, -0.05) is 6.07 Å². The Morgan fingerprint density at radius 3 is 2.67 bits per heavy atom. The van der Waals surface area contributed by atoms with E-state index in [0.717, 1.165) is 11.3 Å². The van der Waals surface area contributed by atoms with Gasteiger partial charge in [-0.15, -0.1) is 0 Å². The number of benzene rings is 1. The maximum Gasteiger partial charge on any atom is 0.222 e. The van der Waals surface area contributed by atoms with Crippen molar-refractivity contribution >= 4 is 0 Å². The zero-order valence-electron chi connectivity index (χ0n) is 13.2. The Morgan fingerprint density at radius 2 is 2.05 bits per heavy atom. The van der Waals surface area contributed by atoms with E-state index in [-0.39, 0.29) is 11.4 Å². The number of nitrogens with zero attached hydrogens (tertiary/aromatic N) is 2. The van der Waals surface area contributed by atoms with Crippen LogP contribution in [0.15, 0.2) is 24.3 Å². The summed E-state index contributed by atoms with van der Waals surface area (Å²) in [5.74, 6) is 0.783. The van der Waals surface area contributed by atoms with Crippen molar-refractivity contribution in [2.45, 2.75) is 39.8 Å². The molecule has 1 heterocycles. The number of rotatable bonds is 4. The monoisotopic (exact) mass is 291 g/mol. The van der Waals surface area contributed by atoms with E-state index in [1.807, 2.05) is 14.0 Å². The molecule has 0 spiro atoms. The molecule has 4 nitrogen and oxygen atoms in total. The van der Waals surface area contributed by atoms with E-state index in [4.69, 9.17) is 4.74 Å². The Morgan fingerprint density at radius 1 is 1.33 bits per heavy atom. The predicted octanol–water partition coefficient (Wildman–Crippen LogP) is 3.55. The molecule has 0 saturated heterocycles. The van der Waals surface area contributed by atoms with E-state index in [1.165, 1.54) is 12.1 Å². The van der Waals surface area contributed by atoms with Crippen molar-refractivity contribution in [3.63, 3.8) is 0 Å². The molecule has 1 aromatic heterocycles. The minimum atomic E-state index is -0.319.